The number of likely N-dealkylation sites (N-methyl/N-ethyl adjacent to an activating group) is 1. The standard InChI is InChI=1S/C16H25FN2/c1-3-6-15(11-18-14-9-10-14)19(2)12-13-7-4-5-8-16(13)17/h4-5,7-8,14-15,18H,3,6,9-12H2,1-2H3. The van der Waals surface area contributed by atoms with Crippen molar-refractivity contribution < 1.29 is 4.39 Å². The summed E-state index contributed by atoms with van der Waals surface area (Å²) in [7, 11) is 2.10. The molecule has 0 aliphatic heterocycles. The van der Waals surface area contributed by atoms with Gasteiger partial charge in [-0.2, -0.15) is 0 Å². The molecule has 1 atom stereocenters. The van der Waals surface area contributed by atoms with Crippen LogP contribution in [0.3, 0.4) is 0 Å². The minimum absolute atomic E-state index is 0.0975. The maximum atomic E-state index is 13.7. The van der Waals surface area contributed by atoms with Crippen LogP contribution in [-0.4, -0.2) is 30.6 Å². The fourth-order valence-electron chi connectivity index (χ4n) is 2.43. The number of nitrogens with one attached hydrogen (secondary N) is 1. The van der Waals surface area contributed by atoms with Gasteiger partial charge in [0.05, 0.1) is 0 Å². The monoisotopic (exact) mass is 264 g/mol. The second-order valence-electron chi connectivity index (χ2n) is 5.63. The molecule has 1 N–H and O–H groups in total. The highest BCUT2D eigenvalue weighted by Crippen LogP contribution is 2.19. The van der Waals surface area contributed by atoms with E-state index < -0.39 is 0 Å². The van der Waals surface area contributed by atoms with Gasteiger partial charge >= 0.3 is 0 Å². The van der Waals surface area contributed by atoms with Gasteiger partial charge in [0.25, 0.3) is 0 Å². The van der Waals surface area contributed by atoms with E-state index in [1.54, 1.807) is 12.1 Å². The van der Waals surface area contributed by atoms with Crippen LogP contribution in [0, 0.1) is 5.82 Å². The molecule has 1 aliphatic carbocycles. The molecule has 1 aromatic rings. The predicted octanol–water partition coefficient (Wildman–Crippen LogP) is 3.18. The predicted molar refractivity (Wildman–Crippen MR) is 77.6 cm³/mol. The zero-order valence-corrected chi connectivity index (χ0v) is 12.0. The first-order valence-electron chi connectivity index (χ1n) is 7.37. The zero-order valence-electron chi connectivity index (χ0n) is 12.0. The van der Waals surface area contributed by atoms with E-state index in [2.05, 4.69) is 24.2 Å². The van der Waals surface area contributed by atoms with Crippen LogP contribution in [0.1, 0.15) is 38.2 Å². The van der Waals surface area contributed by atoms with E-state index in [1.165, 1.54) is 19.3 Å². The number of rotatable bonds is 8. The molecular weight excluding hydrogens is 239 g/mol. The van der Waals surface area contributed by atoms with Crippen LogP contribution in [0.4, 0.5) is 4.39 Å². The Balaban J connectivity index is 1.89. The first-order valence-corrected chi connectivity index (χ1v) is 7.37. The lowest BCUT2D eigenvalue weighted by Crippen LogP contribution is -2.40. The van der Waals surface area contributed by atoms with Crippen LogP contribution in [0.25, 0.3) is 0 Å². The third-order valence-electron chi connectivity index (χ3n) is 3.84. The summed E-state index contributed by atoms with van der Waals surface area (Å²) in [6.45, 7) is 3.91. The summed E-state index contributed by atoms with van der Waals surface area (Å²) in [6.07, 6.45) is 4.95. The molecule has 0 spiro atoms. The normalized spacial score (nSPS) is 16.8. The molecule has 2 rings (SSSR count). The molecule has 3 heteroatoms. The Morgan fingerprint density at radius 3 is 2.74 bits per heavy atom. The summed E-state index contributed by atoms with van der Waals surface area (Å²) < 4.78 is 13.7. The molecule has 0 heterocycles. The lowest BCUT2D eigenvalue weighted by Gasteiger charge is -2.28. The molecule has 2 nitrogen and oxygen atoms in total. The van der Waals surface area contributed by atoms with Gasteiger partial charge in [0, 0.05) is 30.7 Å². The van der Waals surface area contributed by atoms with Crippen LogP contribution in [0.5, 0.6) is 0 Å². The first-order chi connectivity index (χ1) is 9.20. The van der Waals surface area contributed by atoms with Crippen molar-refractivity contribution in [1.29, 1.82) is 0 Å². The van der Waals surface area contributed by atoms with Gasteiger partial charge in [-0.05, 0) is 32.4 Å². The smallest absolute Gasteiger partial charge is 0.127 e. The van der Waals surface area contributed by atoms with E-state index in [0.717, 1.165) is 24.6 Å². The van der Waals surface area contributed by atoms with Crippen LogP contribution >= 0.6 is 0 Å². The van der Waals surface area contributed by atoms with E-state index in [-0.39, 0.29) is 5.82 Å². The fourth-order valence-corrected chi connectivity index (χ4v) is 2.43. The molecule has 1 saturated carbocycles. The molecule has 1 fully saturated rings. The first kappa shape index (κ1) is 14.5. The molecule has 1 aliphatic rings. The van der Waals surface area contributed by atoms with Crippen LogP contribution in [0.2, 0.25) is 0 Å². The highest BCUT2D eigenvalue weighted by atomic mass is 19.1. The van der Waals surface area contributed by atoms with Crippen LogP contribution in [0.15, 0.2) is 24.3 Å². The summed E-state index contributed by atoms with van der Waals surface area (Å²) >= 11 is 0. The Morgan fingerprint density at radius 1 is 1.37 bits per heavy atom. The van der Waals surface area contributed by atoms with Crippen molar-refractivity contribution in [2.45, 2.75) is 51.2 Å². The second kappa shape index (κ2) is 7.01. The van der Waals surface area contributed by atoms with Gasteiger partial charge < -0.3 is 5.32 Å². The lowest BCUT2D eigenvalue weighted by atomic mass is 10.1. The maximum Gasteiger partial charge on any atom is 0.127 e. The average molecular weight is 264 g/mol. The van der Waals surface area contributed by atoms with E-state index in [0.29, 0.717) is 12.6 Å². The molecular formula is C16H25FN2. The zero-order chi connectivity index (χ0) is 13.7. The molecule has 0 aromatic heterocycles. The van der Waals surface area contributed by atoms with Crippen LogP contribution < -0.4 is 5.32 Å². The molecule has 106 valence electrons. The Labute approximate surface area is 116 Å². The number of benzene rings is 1. The van der Waals surface area contributed by atoms with Gasteiger partial charge in [0.15, 0.2) is 0 Å². The molecule has 0 radical (unpaired) electrons. The van der Waals surface area contributed by atoms with Gasteiger partial charge in [-0.15, -0.1) is 0 Å². The number of halogens is 1. The van der Waals surface area contributed by atoms with Gasteiger partial charge in [0.1, 0.15) is 5.82 Å². The minimum atomic E-state index is -0.0975. The number of hydrogen-bond donors (Lipinski definition) is 1. The number of nitrogens with zero attached hydrogens (tertiary/aromatic N) is 1. The van der Waals surface area contributed by atoms with Crippen molar-refractivity contribution in [2.75, 3.05) is 13.6 Å². The minimum Gasteiger partial charge on any atom is -0.312 e. The Kier molecular flexibility index (Phi) is 5.34. The molecule has 1 unspecified atom stereocenters. The number of hydrogen-bond acceptors (Lipinski definition) is 2. The van der Waals surface area contributed by atoms with Crippen molar-refractivity contribution in [3.05, 3.63) is 35.6 Å². The van der Waals surface area contributed by atoms with Gasteiger partial charge in [-0.25, -0.2) is 4.39 Å². The Morgan fingerprint density at radius 2 is 2.11 bits per heavy atom. The van der Waals surface area contributed by atoms with Gasteiger partial charge in [0.2, 0.25) is 0 Å². The average Bonchev–Trinajstić information content (AvgIpc) is 3.21. The van der Waals surface area contributed by atoms with E-state index in [4.69, 9.17) is 0 Å². The van der Waals surface area contributed by atoms with Crippen molar-refractivity contribution in [3.8, 4) is 0 Å². The van der Waals surface area contributed by atoms with Gasteiger partial charge in [-0.1, -0.05) is 31.5 Å². The van der Waals surface area contributed by atoms with E-state index in [1.807, 2.05) is 12.1 Å². The molecule has 0 saturated heterocycles. The summed E-state index contributed by atoms with van der Waals surface area (Å²) in [6, 6.07) is 8.30. The Hall–Kier alpha value is -0.930. The fraction of sp³-hybridized carbons (Fsp3) is 0.625. The summed E-state index contributed by atoms with van der Waals surface area (Å²) in [4.78, 5) is 2.28. The van der Waals surface area contributed by atoms with Gasteiger partial charge in [-0.3, -0.25) is 4.90 Å². The summed E-state index contributed by atoms with van der Waals surface area (Å²) in [5.41, 5.74) is 0.789. The molecule has 0 amide bonds. The third-order valence-corrected chi connectivity index (χ3v) is 3.84. The van der Waals surface area contributed by atoms with E-state index in [9.17, 15) is 4.39 Å². The topological polar surface area (TPSA) is 15.3 Å². The highest BCUT2D eigenvalue weighted by Gasteiger charge is 2.23. The highest BCUT2D eigenvalue weighted by molar-refractivity contribution is 5.17. The summed E-state index contributed by atoms with van der Waals surface area (Å²) in [5, 5.41) is 3.59. The van der Waals surface area contributed by atoms with Crippen molar-refractivity contribution in [3.63, 3.8) is 0 Å². The quantitative estimate of drug-likeness (QED) is 0.776. The van der Waals surface area contributed by atoms with Crippen molar-refractivity contribution in [1.82, 2.24) is 10.2 Å². The summed E-state index contributed by atoms with van der Waals surface area (Å²) in [5.74, 6) is -0.0975. The maximum absolute atomic E-state index is 13.7. The second-order valence-corrected chi connectivity index (χ2v) is 5.63. The molecule has 19 heavy (non-hydrogen) atoms. The molecule has 1 aromatic carbocycles. The SMILES string of the molecule is CCCC(CNC1CC1)N(C)Cc1ccccc1F. The Bertz CT molecular complexity index is 390. The largest absolute Gasteiger partial charge is 0.312 e. The lowest BCUT2D eigenvalue weighted by molar-refractivity contribution is 0.212. The van der Waals surface area contributed by atoms with Crippen molar-refractivity contribution in [2.24, 2.45) is 0 Å². The molecule has 0 bridgehead atoms. The van der Waals surface area contributed by atoms with E-state index >= 15 is 0 Å². The third kappa shape index (κ3) is 4.59. The van der Waals surface area contributed by atoms with Crippen molar-refractivity contribution >= 4 is 0 Å². The van der Waals surface area contributed by atoms with Crippen LogP contribution in [-0.2, 0) is 6.54 Å².